The Bertz CT molecular complexity index is 872. The van der Waals surface area contributed by atoms with Gasteiger partial charge in [0.05, 0.1) is 0 Å². The number of hydrogen-bond acceptors (Lipinski definition) is 11. The van der Waals surface area contributed by atoms with Crippen molar-refractivity contribution in [2.24, 2.45) is 5.73 Å². The summed E-state index contributed by atoms with van der Waals surface area (Å²) in [5.74, 6) is -1.39. The first-order valence-corrected chi connectivity index (χ1v) is 11.4. The molecule has 0 aliphatic rings. The smallest absolute Gasteiger partial charge is 0.462 e. The van der Waals surface area contributed by atoms with Crippen LogP contribution in [0.3, 0.4) is 0 Å². The van der Waals surface area contributed by atoms with E-state index in [9.17, 15) is 19.2 Å². The molecule has 196 valence electrons. The van der Waals surface area contributed by atoms with Crippen LogP contribution in [0, 0.1) is 0 Å². The Morgan fingerprint density at radius 2 is 1.37 bits per heavy atom. The van der Waals surface area contributed by atoms with E-state index < -0.39 is 36.4 Å². The summed E-state index contributed by atoms with van der Waals surface area (Å²) in [7, 11) is 0. The molecule has 0 bridgehead atoms. The van der Waals surface area contributed by atoms with E-state index in [1.807, 2.05) is 13.8 Å². The maximum absolute atomic E-state index is 12.3. The largest absolute Gasteiger partial charge is 0.514 e. The number of carbonyl (C=O) groups is 4. The lowest BCUT2D eigenvalue weighted by Gasteiger charge is -2.18. The molecule has 0 saturated carbocycles. The summed E-state index contributed by atoms with van der Waals surface area (Å²) in [5, 5.41) is 0. The first-order valence-electron chi connectivity index (χ1n) is 11.4. The van der Waals surface area contributed by atoms with E-state index in [1.165, 1.54) is 19.1 Å². The van der Waals surface area contributed by atoms with E-state index in [0.717, 1.165) is 0 Å². The van der Waals surface area contributed by atoms with Crippen LogP contribution in [0.4, 0.5) is 9.59 Å². The highest BCUT2D eigenvalue weighted by molar-refractivity contribution is 5.76. The lowest BCUT2D eigenvalue weighted by Crippen LogP contribution is -2.37. The Hall–Kier alpha value is -3.34. The van der Waals surface area contributed by atoms with Crippen molar-refractivity contribution in [2.45, 2.75) is 85.2 Å². The van der Waals surface area contributed by atoms with Gasteiger partial charge < -0.3 is 34.2 Å². The van der Waals surface area contributed by atoms with Crippen LogP contribution in [0.1, 0.15) is 59.9 Å². The van der Waals surface area contributed by atoms with E-state index in [2.05, 4.69) is 0 Å². The zero-order chi connectivity index (χ0) is 26.5. The Morgan fingerprint density at radius 3 is 1.89 bits per heavy atom. The highest BCUT2D eigenvalue weighted by Crippen LogP contribution is 2.30. The molecule has 35 heavy (non-hydrogen) atoms. The summed E-state index contributed by atoms with van der Waals surface area (Å²) >= 11 is 0. The maximum atomic E-state index is 12.3. The molecule has 11 heteroatoms. The van der Waals surface area contributed by atoms with Gasteiger partial charge in [0.15, 0.2) is 11.5 Å². The van der Waals surface area contributed by atoms with Crippen molar-refractivity contribution in [3.63, 3.8) is 0 Å². The van der Waals surface area contributed by atoms with Crippen LogP contribution < -0.4 is 15.2 Å². The maximum Gasteiger partial charge on any atom is 0.514 e. The standard InChI is InChI=1S/C24H35NO10/c1-7-14(3)32-23(28)34-20-10-9-18(12-21(20)35-24(29)33-15(4)8-2)11-19(25)22(27)31-16(5)13-30-17(6)26/h9-10,12,14-16,19H,7-8,11,13,25H2,1-6H3/t14-,15?,16?,19-/m0/s1. The average molecular weight is 498 g/mol. The van der Waals surface area contributed by atoms with Gasteiger partial charge in [0.1, 0.15) is 31.0 Å². The van der Waals surface area contributed by atoms with Gasteiger partial charge in [-0.25, -0.2) is 9.59 Å². The molecule has 0 aromatic heterocycles. The second kappa shape index (κ2) is 14.8. The van der Waals surface area contributed by atoms with Crippen LogP contribution in [0.2, 0.25) is 0 Å². The molecule has 0 saturated heterocycles. The summed E-state index contributed by atoms with van der Waals surface area (Å²) in [6.07, 6.45) is -2.20. The molecular formula is C24H35NO10. The summed E-state index contributed by atoms with van der Waals surface area (Å²) < 4.78 is 30.6. The number of ether oxygens (including phenoxy) is 6. The van der Waals surface area contributed by atoms with E-state index in [0.29, 0.717) is 18.4 Å². The molecule has 0 aliphatic heterocycles. The average Bonchev–Trinajstić information content (AvgIpc) is 2.78. The molecule has 1 rings (SSSR count). The topological polar surface area (TPSA) is 150 Å². The molecular weight excluding hydrogens is 462 g/mol. The molecule has 2 unspecified atom stereocenters. The van der Waals surface area contributed by atoms with E-state index in [-0.39, 0.29) is 36.7 Å². The van der Waals surface area contributed by atoms with Crippen molar-refractivity contribution in [2.75, 3.05) is 6.61 Å². The van der Waals surface area contributed by atoms with Gasteiger partial charge >= 0.3 is 24.2 Å². The zero-order valence-corrected chi connectivity index (χ0v) is 21.0. The fourth-order valence-electron chi connectivity index (χ4n) is 2.46. The normalized spacial score (nSPS) is 14.0. The van der Waals surface area contributed by atoms with Gasteiger partial charge in [-0.05, 0) is 57.7 Å². The molecule has 0 radical (unpaired) electrons. The van der Waals surface area contributed by atoms with E-state index in [4.69, 9.17) is 34.2 Å². The number of carbonyl (C=O) groups excluding carboxylic acids is 4. The predicted octanol–water partition coefficient (Wildman–Crippen LogP) is 3.68. The minimum atomic E-state index is -1.06. The highest BCUT2D eigenvalue weighted by atomic mass is 16.7. The lowest BCUT2D eigenvalue weighted by molar-refractivity contribution is -0.157. The predicted molar refractivity (Wildman–Crippen MR) is 124 cm³/mol. The second-order valence-corrected chi connectivity index (χ2v) is 8.02. The number of nitrogens with two attached hydrogens (primary N) is 1. The quantitative estimate of drug-likeness (QED) is 0.256. The van der Waals surface area contributed by atoms with Crippen LogP contribution in [-0.2, 0) is 35.0 Å². The van der Waals surface area contributed by atoms with Crippen LogP contribution in [0.25, 0.3) is 0 Å². The molecule has 0 spiro atoms. The van der Waals surface area contributed by atoms with Gasteiger partial charge in [-0.3, -0.25) is 9.59 Å². The third kappa shape index (κ3) is 11.6. The monoisotopic (exact) mass is 497 g/mol. The number of esters is 2. The summed E-state index contributed by atoms with van der Waals surface area (Å²) in [4.78, 5) is 47.4. The molecule has 0 fully saturated rings. The number of benzene rings is 1. The first-order chi connectivity index (χ1) is 16.4. The molecule has 2 N–H and O–H groups in total. The Morgan fingerprint density at radius 1 is 0.829 bits per heavy atom. The van der Waals surface area contributed by atoms with Crippen molar-refractivity contribution in [3.05, 3.63) is 23.8 Å². The lowest BCUT2D eigenvalue weighted by atomic mass is 10.1. The van der Waals surface area contributed by atoms with Crippen molar-refractivity contribution >= 4 is 24.2 Å². The minimum absolute atomic E-state index is 0.0213. The van der Waals surface area contributed by atoms with Crippen LogP contribution in [-0.4, -0.2) is 55.2 Å². The fraction of sp³-hybridized carbons (Fsp3) is 0.583. The first kappa shape index (κ1) is 29.7. The van der Waals surface area contributed by atoms with Gasteiger partial charge in [0.2, 0.25) is 0 Å². The molecule has 0 heterocycles. The summed E-state index contributed by atoms with van der Waals surface area (Å²) in [6, 6.07) is 3.28. The van der Waals surface area contributed by atoms with Crippen molar-refractivity contribution in [1.82, 2.24) is 0 Å². The number of hydrogen-bond donors (Lipinski definition) is 1. The minimum Gasteiger partial charge on any atom is -0.462 e. The summed E-state index contributed by atoms with van der Waals surface area (Å²) in [6.45, 7) is 9.81. The van der Waals surface area contributed by atoms with Gasteiger partial charge in [-0.2, -0.15) is 0 Å². The third-order valence-electron chi connectivity index (χ3n) is 4.74. The van der Waals surface area contributed by atoms with Crippen LogP contribution >= 0.6 is 0 Å². The molecule has 11 nitrogen and oxygen atoms in total. The second-order valence-electron chi connectivity index (χ2n) is 8.02. The van der Waals surface area contributed by atoms with Crippen LogP contribution in [0.15, 0.2) is 18.2 Å². The summed E-state index contributed by atoms with van der Waals surface area (Å²) in [5.41, 5.74) is 6.45. The van der Waals surface area contributed by atoms with Crippen molar-refractivity contribution < 1.29 is 47.6 Å². The van der Waals surface area contributed by atoms with Crippen molar-refractivity contribution in [1.29, 1.82) is 0 Å². The Kier molecular flexibility index (Phi) is 12.6. The zero-order valence-electron chi connectivity index (χ0n) is 21.0. The molecule has 4 atom stereocenters. The van der Waals surface area contributed by atoms with Crippen LogP contribution in [0.5, 0.6) is 11.5 Å². The van der Waals surface area contributed by atoms with Gasteiger partial charge in [0, 0.05) is 6.92 Å². The van der Waals surface area contributed by atoms with Crippen molar-refractivity contribution in [3.8, 4) is 11.5 Å². The van der Waals surface area contributed by atoms with Gasteiger partial charge in [-0.1, -0.05) is 19.9 Å². The molecule has 1 aromatic rings. The SMILES string of the molecule is CCC(C)OC(=O)Oc1cc(C[C@H](N)C(=O)OC(C)COC(C)=O)ccc1OC(=O)O[C@@H](C)CC. The van der Waals surface area contributed by atoms with E-state index in [1.54, 1.807) is 26.8 Å². The third-order valence-corrected chi connectivity index (χ3v) is 4.74. The van der Waals surface area contributed by atoms with E-state index >= 15 is 0 Å². The highest BCUT2D eigenvalue weighted by Gasteiger charge is 2.22. The Balaban J connectivity index is 2.97. The molecule has 0 aliphatic carbocycles. The van der Waals surface area contributed by atoms with Gasteiger partial charge in [0.25, 0.3) is 0 Å². The fourth-order valence-corrected chi connectivity index (χ4v) is 2.46. The number of rotatable bonds is 12. The molecule has 1 aromatic carbocycles. The van der Waals surface area contributed by atoms with Gasteiger partial charge in [-0.15, -0.1) is 0 Å². The molecule has 0 amide bonds. The Labute approximate surface area is 205 Å².